The van der Waals surface area contributed by atoms with Gasteiger partial charge in [0.1, 0.15) is 29.2 Å². The molecule has 26 heavy (non-hydrogen) atoms. The molecule has 0 saturated heterocycles. The van der Waals surface area contributed by atoms with E-state index in [2.05, 4.69) is 20.6 Å². The molecule has 0 amide bonds. The van der Waals surface area contributed by atoms with Gasteiger partial charge in [0, 0.05) is 24.3 Å². The highest BCUT2D eigenvalue weighted by Gasteiger charge is 2.12. The summed E-state index contributed by atoms with van der Waals surface area (Å²) in [5.74, 6) is 0.981. The van der Waals surface area contributed by atoms with E-state index >= 15 is 0 Å². The van der Waals surface area contributed by atoms with Crippen LogP contribution < -0.4 is 21.1 Å². The van der Waals surface area contributed by atoms with Gasteiger partial charge in [-0.1, -0.05) is 12.1 Å². The predicted molar refractivity (Wildman–Crippen MR) is 101 cm³/mol. The highest BCUT2D eigenvalue weighted by Crippen LogP contribution is 2.34. The molecule has 1 heterocycles. The summed E-state index contributed by atoms with van der Waals surface area (Å²) in [6.07, 6.45) is 3.18. The molecular formula is C19H20FN5O. The summed E-state index contributed by atoms with van der Waals surface area (Å²) < 4.78 is 18.7. The van der Waals surface area contributed by atoms with E-state index < -0.39 is 0 Å². The number of hydrogen-bond acceptors (Lipinski definition) is 6. The molecule has 0 bridgehead atoms. The molecule has 0 saturated carbocycles. The zero-order valence-corrected chi connectivity index (χ0v) is 14.6. The summed E-state index contributed by atoms with van der Waals surface area (Å²) in [4.78, 5) is 8.65. The topological polar surface area (TPSA) is 85.1 Å². The number of methoxy groups -OCH3 is 1. The van der Waals surface area contributed by atoms with E-state index in [0.29, 0.717) is 29.3 Å². The van der Waals surface area contributed by atoms with Gasteiger partial charge in [-0.25, -0.2) is 14.4 Å². The molecule has 0 unspecified atom stereocenters. The Morgan fingerprint density at radius 1 is 1.19 bits per heavy atom. The third-order valence-electron chi connectivity index (χ3n) is 3.89. The minimum absolute atomic E-state index is 0.279. The van der Waals surface area contributed by atoms with Crippen LogP contribution in [0.4, 0.5) is 10.2 Å². The average molecular weight is 353 g/mol. The molecule has 3 aromatic rings. The highest BCUT2D eigenvalue weighted by atomic mass is 19.1. The zero-order chi connectivity index (χ0) is 18.5. The van der Waals surface area contributed by atoms with E-state index in [1.165, 1.54) is 18.5 Å². The number of anilines is 1. The minimum Gasteiger partial charge on any atom is -0.494 e. The lowest BCUT2D eigenvalue weighted by atomic mass is 10.0. The molecular weight excluding hydrogens is 333 g/mol. The van der Waals surface area contributed by atoms with Crippen LogP contribution in [-0.4, -0.2) is 30.7 Å². The second kappa shape index (κ2) is 7.69. The first-order valence-electron chi connectivity index (χ1n) is 8.06. The monoisotopic (exact) mass is 353 g/mol. The second-order valence-electron chi connectivity index (χ2n) is 5.67. The fourth-order valence-corrected chi connectivity index (χ4v) is 2.66. The maximum absolute atomic E-state index is 13.2. The van der Waals surface area contributed by atoms with Crippen LogP contribution >= 0.6 is 0 Å². The highest BCUT2D eigenvalue weighted by molar-refractivity contribution is 5.96. The summed E-state index contributed by atoms with van der Waals surface area (Å²) in [6, 6.07) is 10.1. The van der Waals surface area contributed by atoms with Crippen molar-refractivity contribution in [2.45, 2.75) is 0 Å². The number of fused-ring (bicyclic) bond motifs is 1. The maximum Gasteiger partial charge on any atom is 0.145 e. The Morgan fingerprint density at radius 2 is 1.96 bits per heavy atom. The molecule has 0 aliphatic rings. The summed E-state index contributed by atoms with van der Waals surface area (Å²) in [7, 11) is 3.37. The van der Waals surface area contributed by atoms with Gasteiger partial charge in [0.2, 0.25) is 0 Å². The largest absolute Gasteiger partial charge is 0.494 e. The van der Waals surface area contributed by atoms with E-state index in [1.54, 1.807) is 32.5 Å². The van der Waals surface area contributed by atoms with Crippen LogP contribution in [0.1, 0.15) is 0 Å². The number of benzene rings is 2. The zero-order valence-electron chi connectivity index (χ0n) is 14.6. The molecule has 0 aliphatic carbocycles. The fourth-order valence-electron chi connectivity index (χ4n) is 2.66. The fraction of sp³-hybridized carbons (Fsp3) is 0.158. The van der Waals surface area contributed by atoms with Gasteiger partial charge in [-0.3, -0.25) is 0 Å². The second-order valence-corrected chi connectivity index (χ2v) is 5.67. The molecule has 0 radical (unpaired) electrons. The van der Waals surface area contributed by atoms with E-state index in [-0.39, 0.29) is 5.82 Å². The van der Waals surface area contributed by atoms with Gasteiger partial charge in [-0.2, -0.15) is 0 Å². The Hall–Kier alpha value is -3.35. The van der Waals surface area contributed by atoms with E-state index in [4.69, 9.17) is 10.5 Å². The Bertz CT molecular complexity index is 941. The predicted octanol–water partition coefficient (Wildman–Crippen LogP) is 2.88. The summed E-state index contributed by atoms with van der Waals surface area (Å²) >= 11 is 0. The van der Waals surface area contributed by atoms with E-state index in [0.717, 1.165) is 16.5 Å². The normalized spacial score (nSPS) is 11.4. The van der Waals surface area contributed by atoms with E-state index in [1.807, 2.05) is 12.1 Å². The Labute approximate surface area is 150 Å². The van der Waals surface area contributed by atoms with Crippen molar-refractivity contribution < 1.29 is 9.13 Å². The standard InChI is InChI=1S/C19H20FN5O/c1-22-9-15(21)10-23-19-16-7-13(12-3-5-14(20)6-4-12)8-17(26-2)18(16)24-11-25-19/h3-9,11,22H,10,21H2,1-2H3,(H,23,24,25)/b15-9-. The van der Waals surface area contributed by atoms with Crippen LogP contribution in [0.5, 0.6) is 5.75 Å². The van der Waals surface area contributed by atoms with Gasteiger partial charge in [0.05, 0.1) is 13.7 Å². The van der Waals surface area contributed by atoms with Gasteiger partial charge in [0.25, 0.3) is 0 Å². The Balaban J connectivity index is 2.07. The van der Waals surface area contributed by atoms with Crippen molar-refractivity contribution in [2.75, 3.05) is 26.0 Å². The molecule has 7 heteroatoms. The summed E-state index contributed by atoms with van der Waals surface area (Å²) in [5, 5.41) is 6.89. The van der Waals surface area contributed by atoms with Crippen molar-refractivity contribution in [3.05, 3.63) is 60.4 Å². The van der Waals surface area contributed by atoms with Crippen molar-refractivity contribution in [1.29, 1.82) is 0 Å². The SMILES string of the molecule is CN/C=C(\N)CNc1ncnc2c(OC)cc(-c3ccc(F)cc3)cc12. The number of nitrogens with one attached hydrogen (secondary N) is 2. The molecule has 0 aliphatic heterocycles. The van der Waals surface area contributed by atoms with Crippen LogP contribution in [0.25, 0.3) is 22.0 Å². The van der Waals surface area contributed by atoms with Crippen molar-refractivity contribution in [2.24, 2.45) is 5.73 Å². The Morgan fingerprint density at radius 3 is 2.65 bits per heavy atom. The summed E-state index contributed by atoms with van der Waals surface area (Å²) in [6.45, 7) is 0.427. The molecule has 1 aromatic heterocycles. The first-order valence-corrected chi connectivity index (χ1v) is 8.06. The quantitative estimate of drug-likeness (QED) is 0.632. The third-order valence-corrected chi connectivity index (χ3v) is 3.89. The van der Waals surface area contributed by atoms with Crippen LogP contribution in [0.3, 0.4) is 0 Å². The number of aromatic nitrogens is 2. The molecule has 3 rings (SSSR count). The molecule has 0 fully saturated rings. The lowest BCUT2D eigenvalue weighted by Crippen LogP contribution is -2.15. The van der Waals surface area contributed by atoms with E-state index in [9.17, 15) is 4.39 Å². The molecule has 134 valence electrons. The van der Waals surface area contributed by atoms with Crippen LogP contribution in [-0.2, 0) is 0 Å². The maximum atomic E-state index is 13.2. The molecule has 0 spiro atoms. The van der Waals surface area contributed by atoms with Gasteiger partial charge in [-0.15, -0.1) is 0 Å². The molecule has 2 aromatic carbocycles. The van der Waals surface area contributed by atoms with Gasteiger partial charge in [-0.05, 0) is 35.4 Å². The first kappa shape index (κ1) is 17.5. The lowest BCUT2D eigenvalue weighted by Gasteiger charge is -2.13. The lowest BCUT2D eigenvalue weighted by molar-refractivity contribution is 0.419. The smallest absolute Gasteiger partial charge is 0.145 e. The van der Waals surface area contributed by atoms with Crippen LogP contribution in [0, 0.1) is 5.82 Å². The summed E-state index contributed by atoms with van der Waals surface area (Å²) in [5.41, 5.74) is 8.98. The third kappa shape index (κ3) is 3.66. The molecule has 0 atom stereocenters. The van der Waals surface area contributed by atoms with Crippen molar-refractivity contribution >= 4 is 16.7 Å². The number of nitrogens with two attached hydrogens (primary N) is 1. The number of hydrogen-bond donors (Lipinski definition) is 3. The minimum atomic E-state index is -0.279. The number of nitrogens with zero attached hydrogens (tertiary/aromatic N) is 2. The number of ether oxygens (including phenoxy) is 1. The van der Waals surface area contributed by atoms with Crippen molar-refractivity contribution in [3.63, 3.8) is 0 Å². The Kier molecular flexibility index (Phi) is 5.17. The van der Waals surface area contributed by atoms with Gasteiger partial charge >= 0.3 is 0 Å². The van der Waals surface area contributed by atoms with Crippen LogP contribution in [0.2, 0.25) is 0 Å². The van der Waals surface area contributed by atoms with Gasteiger partial charge < -0.3 is 21.1 Å². The van der Waals surface area contributed by atoms with Crippen LogP contribution in [0.15, 0.2) is 54.6 Å². The first-order chi connectivity index (χ1) is 12.6. The average Bonchev–Trinajstić information content (AvgIpc) is 2.66. The molecule has 4 N–H and O–H groups in total. The van der Waals surface area contributed by atoms with Gasteiger partial charge in [0.15, 0.2) is 0 Å². The van der Waals surface area contributed by atoms with Crippen molar-refractivity contribution in [3.8, 4) is 16.9 Å². The number of rotatable bonds is 6. The molecule has 6 nitrogen and oxygen atoms in total. The van der Waals surface area contributed by atoms with Crippen molar-refractivity contribution in [1.82, 2.24) is 15.3 Å². The number of halogens is 1.